The molecule has 0 nitrogen and oxygen atoms in total. The summed E-state index contributed by atoms with van der Waals surface area (Å²) in [5, 5.41) is 17.8. The van der Waals surface area contributed by atoms with E-state index in [2.05, 4.69) is 208 Å². The van der Waals surface area contributed by atoms with Crippen molar-refractivity contribution in [3.8, 4) is 0 Å². The topological polar surface area (TPSA) is 0 Å². The van der Waals surface area contributed by atoms with Crippen molar-refractivity contribution in [2.75, 3.05) is 0 Å². The standard InChI is InChI=1S/C58H82Ge2Si2/c1-7-13-43-59(44-14-8-2,45-15-9-3)49-51-61(53-31-23-19-24-32-53,54-33-25-20-26-34-54)57-39-41-58(42-40-57)62(55-35-27-21-28-36-55,56-37-29-22-30-38-56)52-50-60(46-16-10-4,47-17-11-5)48-18-12-6/h19-42,49-52H,7-18,43-48H2,1-6H3. The molecule has 62 heavy (non-hydrogen) atoms. The van der Waals surface area contributed by atoms with E-state index in [1.54, 1.807) is 0 Å². The molecule has 0 bridgehead atoms. The average Bonchev–Trinajstić information content (AvgIpc) is 3.34. The van der Waals surface area contributed by atoms with Crippen molar-refractivity contribution < 1.29 is 0 Å². The Bertz CT molecular complexity index is 1740. The van der Waals surface area contributed by atoms with Gasteiger partial charge in [0, 0.05) is 0 Å². The molecule has 0 aliphatic heterocycles. The first-order valence-corrected chi connectivity index (χ1v) is 40.6. The first-order valence-electron chi connectivity index (χ1n) is 25.1. The summed E-state index contributed by atoms with van der Waals surface area (Å²) < 4.78 is 0. The summed E-state index contributed by atoms with van der Waals surface area (Å²) in [5.74, 6) is 0. The van der Waals surface area contributed by atoms with Crippen molar-refractivity contribution in [3.63, 3.8) is 0 Å². The molecule has 0 fully saturated rings. The van der Waals surface area contributed by atoms with Gasteiger partial charge < -0.3 is 0 Å². The maximum atomic E-state index is 2.98. The first kappa shape index (κ1) is 50.1. The molecule has 5 aromatic carbocycles. The molecular weight excluding hydrogens is 898 g/mol. The summed E-state index contributed by atoms with van der Waals surface area (Å²) in [5.41, 5.74) is 5.79. The molecule has 0 aliphatic carbocycles. The second-order valence-corrected chi connectivity index (χ2v) is 45.2. The molecule has 0 aliphatic rings. The summed E-state index contributed by atoms with van der Waals surface area (Å²) in [7, 11) is -5.22. The third-order valence-corrected chi connectivity index (χ3v) is 45.1. The number of hydrogen-bond donors (Lipinski definition) is 0. The van der Waals surface area contributed by atoms with E-state index in [0.717, 1.165) is 0 Å². The molecule has 0 aromatic heterocycles. The van der Waals surface area contributed by atoms with E-state index in [9.17, 15) is 0 Å². The monoisotopic (exact) mass is 982 g/mol. The second-order valence-electron chi connectivity index (χ2n) is 18.7. The number of hydrogen-bond acceptors (Lipinski definition) is 0. The van der Waals surface area contributed by atoms with E-state index in [1.165, 1.54) is 140 Å². The SMILES string of the molecule is CCC[CH2][Ge]([CH]=C[Si](c1ccccc1)(c1ccccc1)c1ccc([Si](C=[CH][Ge]([CH2]CCC)([CH2]CCC)[CH2]CCC)(c2ccccc2)c2ccccc2)cc1)([CH2]CCC)[CH2]CCC. The predicted molar refractivity (Wildman–Crippen MR) is 290 cm³/mol. The minimum absolute atomic E-state index is 1.30. The molecule has 0 heterocycles. The number of rotatable bonds is 28. The second kappa shape index (κ2) is 26.2. The van der Waals surface area contributed by atoms with Gasteiger partial charge in [-0.1, -0.05) is 0 Å². The summed E-state index contributed by atoms with van der Waals surface area (Å²) in [6.45, 7) is 14.4. The van der Waals surface area contributed by atoms with E-state index in [-0.39, 0.29) is 0 Å². The van der Waals surface area contributed by atoms with E-state index in [1.807, 2.05) is 0 Å². The summed E-state index contributed by atoms with van der Waals surface area (Å²) in [4.78, 5) is 5.96. The van der Waals surface area contributed by atoms with Crippen LogP contribution in [0.4, 0.5) is 0 Å². The van der Waals surface area contributed by atoms with E-state index < -0.39 is 42.7 Å². The van der Waals surface area contributed by atoms with Gasteiger partial charge in [0.25, 0.3) is 0 Å². The molecule has 0 atom stereocenters. The van der Waals surface area contributed by atoms with Gasteiger partial charge in [-0.05, 0) is 0 Å². The Kier molecular flexibility index (Phi) is 21.1. The van der Waals surface area contributed by atoms with Gasteiger partial charge in [-0.25, -0.2) is 0 Å². The van der Waals surface area contributed by atoms with E-state index in [0.29, 0.717) is 0 Å². The first-order chi connectivity index (χ1) is 30.4. The molecule has 5 aromatic rings. The maximum absolute atomic E-state index is 2.98. The Morgan fingerprint density at radius 2 is 0.484 bits per heavy atom. The van der Waals surface area contributed by atoms with Crippen molar-refractivity contribution in [3.05, 3.63) is 167 Å². The van der Waals surface area contributed by atoms with Crippen LogP contribution in [-0.2, 0) is 0 Å². The molecule has 0 saturated heterocycles. The van der Waals surface area contributed by atoms with Crippen molar-refractivity contribution in [2.24, 2.45) is 0 Å². The Balaban J connectivity index is 1.82. The molecule has 0 spiro atoms. The zero-order valence-electron chi connectivity index (χ0n) is 39.9. The van der Waals surface area contributed by atoms with Gasteiger partial charge in [0.2, 0.25) is 0 Å². The third kappa shape index (κ3) is 12.7. The van der Waals surface area contributed by atoms with Crippen LogP contribution < -0.4 is 31.1 Å². The Labute approximate surface area is 387 Å². The van der Waals surface area contributed by atoms with E-state index >= 15 is 0 Å². The van der Waals surface area contributed by atoms with Gasteiger partial charge in [-0.3, -0.25) is 0 Å². The Morgan fingerprint density at radius 1 is 0.290 bits per heavy atom. The summed E-state index contributed by atoms with van der Waals surface area (Å²) in [6, 6.07) is 57.3. The fourth-order valence-corrected chi connectivity index (χ4v) is 45.2. The Hall–Kier alpha value is -2.90. The zero-order valence-corrected chi connectivity index (χ0v) is 46.1. The molecule has 0 radical (unpaired) electrons. The number of benzene rings is 5. The van der Waals surface area contributed by atoms with Crippen molar-refractivity contribution in [1.82, 2.24) is 0 Å². The minimum atomic E-state index is -2.61. The van der Waals surface area contributed by atoms with Crippen LogP contribution in [0.1, 0.15) is 119 Å². The average molecular weight is 981 g/mol. The summed E-state index contributed by atoms with van der Waals surface area (Å²) >= 11 is -4.74. The van der Waals surface area contributed by atoms with E-state index in [4.69, 9.17) is 0 Å². The normalized spacial score (nSPS) is 12.7. The molecule has 4 heteroatoms. The molecule has 0 amide bonds. The molecule has 0 saturated carbocycles. The van der Waals surface area contributed by atoms with Crippen LogP contribution in [-0.4, -0.2) is 42.7 Å². The van der Waals surface area contributed by atoms with Crippen LogP contribution in [0.2, 0.25) is 31.5 Å². The van der Waals surface area contributed by atoms with Gasteiger partial charge in [0.05, 0.1) is 0 Å². The van der Waals surface area contributed by atoms with Crippen molar-refractivity contribution >= 4 is 73.8 Å². The molecule has 0 N–H and O–H groups in total. The predicted octanol–water partition coefficient (Wildman–Crippen LogP) is 13.6. The fourth-order valence-electron chi connectivity index (χ4n) is 10.4. The van der Waals surface area contributed by atoms with Crippen LogP contribution in [0.3, 0.4) is 0 Å². The van der Waals surface area contributed by atoms with Crippen LogP contribution >= 0.6 is 0 Å². The van der Waals surface area contributed by atoms with Gasteiger partial charge in [-0.2, -0.15) is 0 Å². The molecular formula is C58H82Ge2Si2. The fraction of sp³-hybridized carbons (Fsp3) is 0.414. The molecule has 330 valence electrons. The van der Waals surface area contributed by atoms with Gasteiger partial charge in [0.1, 0.15) is 0 Å². The van der Waals surface area contributed by atoms with Crippen LogP contribution in [0.25, 0.3) is 0 Å². The van der Waals surface area contributed by atoms with Crippen LogP contribution in [0.5, 0.6) is 0 Å². The quantitative estimate of drug-likeness (QED) is 0.0346. The third-order valence-electron chi connectivity index (χ3n) is 14.3. The number of unbranched alkanes of at least 4 members (excludes halogenated alkanes) is 6. The van der Waals surface area contributed by atoms with Gasteiger partial charge in [0.15, 0.2) is 0 Å². The van der Waals surface area contributed by atoms with Crippen LogP contribution in [0.15, 0.2) is 167 Å². The summed E-state index contributed by atoms with van der Waals surface area (Å²) in [6.07, 6.45) is 16.0. The van der Waals surface area contributed by atoms with Crippen molar-refractivity contribution in [1.29, 1.82) is 0 Å². The Morgan fingerprint density at radius 3 is 0.677 bits per heavy atom. The zero-order chi connectivity index (χ0) is 44.0. The molecule has 0 unspecified atom stereocenters. The van der Waals surface area contributed by atoms with Gasteiger partial charge in [-0.15, -0.1) is 0 Å². The van der Waals surface area contributed by atoms with Gasteiger partial charge >= 0.3 is 391 Å². The van der Waals surface area contributed by atoms with Crippen molar-refractivity contribution in [2.45, 2.75) is 150 Å². The van der Waals surface area contributed by atoms with Crippen LogP contribution in [0, 0.1) is 0 Å². The molecule has 5 rings (SSSR count).